The lowest BCUT2D eigenvalue weighted by Gasteiger charge is -2.27. The maximum Gasteiger partial charge on any atom is 0.194 e. The topological polar surface area (TPSA) is 18.5 Å². The van der Waals surface area contributed by atoms with E-state index >= 15 is 0 Å². The summed E-state index contributed by atoms with van der Waals surface area (Å²) in [5.41, 5.74) is 2.55. The molecular weight excluding hydrogens is 212 g/mol. The maximum atomic E-state index is 5.84. The summed E-state index contributed by atoms with van der Waals surface area (Å²) in [5, 5.41) is 0. The van der Waals surface area contributed by atoms with Crippen molar-refractivity contribution < 1.29 is 9.47 Å². The molecule has 0 bridgehead atoms. The molecule has 0 amide bonds. The minimum Gasteiger partial charge on any atom is -0.343 e. The molecule has 0 unspecified atom stereocenters. The first-order valence-corrected chi connectivity index (χ1v) is 6.68. The summed E-state index contributed by atoms with van der Waals surface area (Å²) in [6, 6.07) is 8.71. The van der Waals surface area contributed by atoms with E-state index in [-0.39, 0.29) is 0 Å². The predicted molar refractivity (Wildman–Crippen MR) is 68.9 cm³/mol. The van der Waals surface area contributed by atoms with E-state index in [1.54, 1.807) is 0 Å². The second-order valence-corrected chi connectivity index (χ2v) is 4.65. The summed E-state index contributed by atoms with van der Waals surface area (Å²) >= 11 is 0. The molecule has 0 atom stereocenters. The Labute approximate surface area is 104 Å². The average molecular weight is 234 g/mol. The van der Waals surface area contributed by atoms with Gasteiger partial charge in [0.25, 0.3) is 0 Å². The van der Waals surface area contributed by atoms with Gasteiger partial charge in [0.15, 0.2) is 5.79 Å². The average Bonchev–Trinajstić information content (AvgIpc) is 2.81. The van der Waals surface area contributed by atoms with Crippen LogP contribution in [0.1, 0.15) is 44.2 Å². The summed E-state index contributed by atoms with van der Waals surface area (Å²) in [7, 11) is 0. The molecule has 0 aromatic heterocycles. The number of hydrogen-bond acceptors (Lipinski definition) is 2. The van der Waals surface area contributed by atoms with Gasteiger partial charge in [-0.25, -0.2) is 0 Å². The molecule has 2 nitrogen and oxygen atoms in total. The van der Waals surface area contributed by atoms with E-state index in [4.69, 9.17) is 9.47 Å². The van der Waals surface area contributed by atoms with E-state index in [0.29, 0.717) is 13.2 Å². The minimum atomic E-state index is -0.473. The number of ether oxygens (including phenoxy) is 2. The van der Waals surface area contributed by atoms with Crippen LogP contribution in [-0.4, -0.2) is 13.2 Å². The van der Waals surface area contributed by atoms with E-state index in [1.165, 1.54) is 12.0 Å². The summed E-state index contributed by atoms with van der Waals surface area (Å²) in [6.45, 7) is 5.78. The van der Waals surface area contributed by atoms with Crippen molar-refractivity contribution in [1.29, 1.82) is 0 Å². The minimum absolute atomic E-state index is 0.473. The Morgan fingerprint density at radius 3 is 2.18 bits per heavy atom. The van der Waals surface area contributed by atoms with Crippen molar-refractivity contribution in [2.45, 2.75) is 45.3 Å². The highest BCUT2D eigenvalue weighted by Gasteiger charge is 2.37. The Morgan fingerprint density at radius 1 is 1.00 bits per heavy atom. The molecular formula is C15H22O2. The van der Waals surface area contributed by atoms with Crippen LogP contribution in [0.15, 0.2) is 24.3 Å². The maximum absolute atomic E-state index is 5.84. The highest BCUT2D eigenvalue weighted by Crippen LogP contribution is 2.35. The first-order chi connectivity index (χ1) is 8.30. The molecule has 2 rings (SSSR count). The SMILES string of the molecule is CCCc1ccc(C2(CCC)OCCO2)cc1. The summed E-state index contributed by atoms with van der Waals surface area (Å²) < 4.78 is 11.7. The molecule has 0 spiro atoms. The zero-order valence-corrected chi connectivity index (χ0v) is 10.9. The molecule has 1 heterocycles. The fourth-order valence-corrected chi connectivity index (χ4v) is 2.45. The van der Waals surface area contributed by atoms with E-state index < -0.39 is 5.79 Å². The third-order valence-corrected chi connectivity index (χ3v) is 3.27. The zero-order chi connectivity index (χ0) is 12.1. The number of benzene rings is 1. The molecule has 1 aliphatic heterocycles. The predicted octanol–water partition coefficient (Wildman–Crippen LogP) is 3.64. The standard InChI is InChI=1S/C15H22O2/c1-3-5-13-6-8-14(9-7-13)15(10-4-2)16-11-12-17-15/h6-9H,3-5,10-12H2,1-2H3. The number of hydrogen-bond donors (Lipinski definition) is 0. The highest BCUT2D eigenvalue weighted by molar-refractivity contribution is 5.26. The lowest BCUT2D eigenvalue weighted by Crippen LogP contribution is -2.26. The van der Waals surface area contributed by atoms with Gasteiger partial charge in [-0.3, -0.25) is 0 Å². The molecule has 1 aliphatic rings. The molecule has 1 aromatic carbocycles. The zero-order valence-electron chi connectivity index (χ0n) is 10.9. The monoisotopic (exact) mass is 234 g/mol. The van der Waals surface area contributed by atoms with Gasteiger partial charge in [-0.2, -0.15) is 0 Å². The third kappa shape index (κ3) is 2.70. The first-order valence-electron chi connectivity index (χ1n) is 6.68. The van der Waals surface area contributed by atoms with Gasteiger partial charge in [0.1, 0.15) is 0 Å². The first kappa shape index (κ1) is 12.6. The molecule has 0 radical (unpaired) electrons. The highest BCUT2D eigenvalue weighted by atomic mass is 16.7. The van der Waals surface area contributed by atoms with Crippen molar-refractivity contribution in [3.05, 3.63) is 35.4 Å². The number of rotatable bonds is 5. The van der Waals surface area contributed by atoms with E-state index in [1.807, 2.05) is 0 Å². The van der Waals surface area contributed by atoms with Crippen molar-refractivity contribution in [1.82, 2.24) is 0 Å². The van der Waals surface area contributed by atoms with E-state index in [0.717, 1.165) is 24.8 Å². The van der Waals surface area contributed by atoms with Crippen LogP contribution in [0, 0.1) is 0 Å². The molecule has 17 heavy (non-hydrogen) atoms. The third-order valence-electron chi connectivity index (χ3n) is 3.27. The van der Waals surface area contributed by atoms with Crippen LogP contribution in [0.3, 0.4) is 0 Å². The van der Waals surface area contributed by atoms with E-state index in [9.17, 15) is 0 Å². The molecule has 2 heteroatoms. The Hall–Kier alpha value is -0.860. The van der Waals surface area contributed by atoms with Crippen LogP contribution in [0.25, 0.3) is 0 Å². The van der Waals surface area contributed by atoms with Crippen LogP contribution < -0.4 is 0 Å². The van der Waals surface area contributed by atoms with Crippen molar-refractivity contribution in [2.75, 3.05) is 13.2 Å². The Bertz CT molecular complexity index is 336. The molecule has 0 N–H and O–H groups in total. The largest absolute Gasteiger partial charge is 0.343 e. The van der Waals surface area contributed by atoms with Gasteiger partial charge in [0, 0.05) is 12.0 Å². The fourth-order valence-electron chi connectivity index (χ4n) is 2.45. The van der Waals surface area contributed by atoms with Crippen molar-refractivity contribution in [3.8, 4) is 0 Å². The van der Waals surface area contributed by atoms with Gasteiger partial charge in [-0.05, 0) is 12.0 Å². The van der Waals surface area contributed by atoms with Gasteiger partial charge in [0.05, 0.1) is 13.2 Å². The Kier molecular flexibility index (Phi) is 4.19. The van der Waals surface area contributed by atoms with Crippen LogP contribution in [0.2, 0.25) is 0 Å². The van der Waals surface area contributed by atoms with Gasteiger partial charge in [-0.15, -0.1) is 0 Å². The normalized spacial score (nSPS) is 18.5. The van der Waals surface area contributed by atoms with Crippen LogP contribution >= 0.6 is 0 Å². The lowest BCUT2D eigenvalue weighted by molar-refractivity contribution is -0.170. The molecule has 1 saturated heterocycles. The second kappa shape index (κ2) is 5.65. The molecule has 0 aliphatic carbocycles. The van der Waals surface area contributed by atoms with Crippen molar-refractivity contribution in [2.24, 2.45) is 0 Å². The van der Waals surface area contributed by atoms with Gasteiger partial charge < -0.3 is 9.47 Å². The summed E-state index contributed by atoms with van der Waals surface area (Å²) in [6.07, 6.45) is 4.33. The van der Waals surface area contributed by atoms with Crippen LogP contribution in [0.4, 0.5) is 0 Å². The fraction of sp³-hybridized carbons (Fsp3) is 0.600. The Morgan fingerprint density at radius 2 is 1.65 bits per heavy atom. The van der Waals surface area contributed by atoms with Crippen LogP contribution in [0.5, 0.6) is 0 Å². The number of aryl methyl sites for hydroxylation is 1. The van der Waals surface area contributed by atoms with Gasteiger partial charge >= 0.3 is 0 Å². The second-order valence-electron chi connectivity index (χ2n) is 4.65. The summed E-state index contributed by atoms with van der Waals surface area (Å²) in [5.74, 6) is -0.473. The van der Waals surface area contributed by atoms with Crippen molar-refractivity contribution >= 4 is 0 Å². The van der Waals surface area contributed by atoms with Gasteiger partial charge in [-0.1, -0.05) is 51.0 Å². The van der Waals surface area contributed by atoms with Gasteiger partial charge in [0.2, 0.25) is 0 Å². The smallest absolute Gasteiger partial charge is 0.194 e. The molecule has 94 valence electrons. The van der Waals surface area contributed by atoms with Crippen molar-refractivity contribution in [3.63, 3.8) is 0 Å². The quantitative estimate of drug-likeness (QED) is 0.774. The lowest BCUT2D eigenvalue weighted by atomic mass is 9.98. The molecule has 1 fully saturated rings. The van der Waals surface area contributed by atoms with E-state index in [2.05, 4.69) is 38.1 Å². The molecule has 1 aromatic rings. The summed E-state index contributed by atoms with van der Waals surface area (Å²) in [4.78, 5) is 0. The molecule has 0 saturated carbocycles. The Balaban J connectivity index is 2.18. The van der Waals surface area contributed by atoms with Crippen LogP contribution in [-0.2, 0) is 21.7 Å².